The molecule has 1 heterocycles. The number of carbonyl (C=O) groups excluding carboxylic acids is 2. The normalized spacial score (nSPS) is 19.6. The van der Waals surface area contributed by atoms with E-state index in [1.807, 2.05) is 13.0 Å². The maximum absolute atomic E-state index is 12.4. The molecule has 0 aliphatic carbocycles. The van der Waals surface area contributed by atoms with Gasteiger partial charge in [0, 0.05) is 23.7 Å². The van der Waals surface area contributed by atoms with Crippen LogP contribution in [0.25, 0.3) is 0 Å². The summed E-state index contributed by atoms with van der Waals surface area (Å²) >= 11 is 6.10. The van der Waals surface area contributed by atoms with Crippen molar-refractivity contribution in [3.8, 4) is 0 Å². The Bertz CT molecular complexity index is 796. The number of benzene rings is 1. The van der Waals surface area contributed by atoms with Crippen LogP contribution >= 0.6 is 11.6 Å². The minimum atomic E-state index is -0.783. The van der Waals surface area contributed by atoms with Crippen LogP contribution in [0.4, 0.5) is 9.59 Å². The van der Waals surface area contributed by atoms with Crippen molar-refractivity contribution in [3.63, 3.8) is 0 Å². The highest BCUT2D eigenvalue weighted by Gasteiger charge is 2.35. The van der Waals surface area contributed by atoms with Gasteiger partial charge in [-0.05, 0) is 46.6 Å². The summed E-state index contributed by atoms with van der Waals surface area (Å²) < 4.78 is 16.3. The maximum Gasteiger partial charge on any atom is 0.437 e. The highest BCUT2D eigenvalue weighted by molar-refractivity contribution is 6.31. The molecule has 1 aliphatic heterocycles. The summed E-state index contributed by atoms with van der Waals surface area (Å²) in [5.74, 6) is -0.0244. The molecule has 9 nitrogen and oxygen atoms in total. The summed E-state index contributed by atoms with van der Waals surface area (Å²) in [4.78, 5) is 29.9. The van der Waals surface area contributed by atoms with Crippen molar-refractivity contribution in [1.82, 2.24) is 10.2 Å². The van der Waals surface area contributed by atoms with Crippen LogP contribution < -0.4 is 11.1 Å². The molecule has 0 spiro atoms. The Morgan fingerprint density at radius 1 is 1.32 bits per heavy atom. The molecule has 31 heavy (non-hydrogen) atoms. The predicted molar refractivity (Wildman–Crippen MR) is 118 cm³/mol. The van der Waals surface area contributed by atoms with E-state index in [9.17, 15) is 9.59 Å². The molecule has 1 aromatic rings. The van der Waals surface area contributed by atoms with Crippen molar-refractivity contribution >= 4 is 29.7 Å². The highest BCUT2D eigenvalue weighted by atomic mass is 35.5. The number of piperidine rings is 1. The lowest BCUT2D eigenvalue weighted by Crippen LogP contribution is -2.60. The van der Waals surface area contributed by atoms with Gasteiger partial charge in [0.05, 0.1) is 6.04 Å². The molecule has 2 rings (SSSR count). The van der Waals surface area contributed by atoms with Gasteiger partial charge < -0.3 is 30.2 Å². The van der Waals surface area contributed by atoms with E-state index in [0.717, 1.165) is 0 Å². The second-order valence-corrected chi connectivity index (χ2v) is 8.46. The fourth-order valence-electron chi connectivity index (χ4n) is 3.13. The Labute approximate surface area is 187 Å². The van der Waals surface area contributed by atoms with Crippen molar-refractivity contribution in [2.24, 2.45) is 10.7 Å². The fourth-order valence-corrected chi connectivity index (χ4v) is 3.32. The average Bonchev–Trinajstić information content (AvgIpc) is 2.67. The van der Waals surface area contributed by atoms with Gasteiger partial charge in [-0.25, -0.2) is 9.59 Å². The molecule has 0 radical (unpaired) electrons. The molecule has 3 N–H and O–H groups in total. The lowest BCUT2D eigenvalue weighted by molar-refractivity contribution is -0.0618. The zero-order valence-electron chi connectivity index (χ0n) is 18.4. The zero-order chi connectivity index (χ0) is 23.0. The van der Waals surface area contributed by atoms with Crippen molar-refractivity contribution in [2.75, 3.05) is 13.2 Å². The molecule has 10 heteroatoms. The molecule has 2 amide bonds. The van der Waals surface area contributed by atoms with E-state index < -0.39 is 30.1 Å². The monoisotopic (exact) mass is 454 g/mol. The molecule has 2 unspecified atom stereocenters. The first-order chi connectivity index (χ1) is 14.6. The molecule has 172 valence electrons. The molecule has 2 atom stereocenters. The Morgan fingerprint density at radius 3 is 2.68 bits per heavy atom. The van der Waals surface area contributed by atoms with E-state index in [1.54, 1.807) is 43.9 Å². The second-order valence-electron chi connectivity index (χ2n) is 8.05. The third-order valence-corrected chi connectivity index (χ3v) is 4.79. The molecule has 0 saturated carbocycles. The van der Waals surface area contributed by atoms with Crippen molar-refractivity contribution in [3.05, 3.63) is 34.9 Å². The third-order valence-electron chi connectivity index (χ3n) is 4.42. The summed E-state index contributed by atoms with van der Waals surface area (Å²) in [6, 6.07) is 6.74. The summed E-state index contributed by atoms with van der Waals surface area (Å²) in [5.41, 5.74) is 6.09. The van der Waals surface area contributed by atoms with E-state index >= 15 is 0 Å². The molecular weight excluding hydrogens is 424 g/mol. The number of nitrogens with zero attached hydrogens (tertiary/aromatic N) is 2. The molecule has 0 aromatic heterocycles. The predicted octanol–water partition coefficient (Wildman–Crippen LogP) is 3.64. The van der Waals surface area contributed by atoms with Gasteiger partial charge in [-0.2, -0.15) is 0 Å². The van der Waals surface area contributed by atoms with Gasteiger partial charge in [0.15, 0.2) is 6.23 Å². The molecule has 0 bridgehead atoms. The van der Waals surface area contributed by atoms with E-state index in [1.165, 1.54) is 0 Å². The number of alkyl carbamates (subject to hydrolysis) is 1. The van der Waals surface area contributed by atoms with Crippen LogP contribution in [0, 0.1) is 0 Å². The number of ether oxygens (including phenoxy) is 3. The number of hydrogen-bond acceptors (Lipinski definition) is 5. The van der Waals surface area contributed by atoms with Gasteiger partial charge in [0.2, 0.25) is 5.96 Å². The van der Waals surface area contributed by atoms with Crippen LogP contribution in [0.15, 0.2) is 29.3 Å². The first kappa shape index (κ1) is 24.7. The second kappa shape index (κ2) is 11.2. The highest BCUT2D eigenvalue weighted by Crippen LogP contribution is 2.20. The zero-order valence-corrected chi connectivity index (χ0v) is 19.1. The number of hydrogen-bond donors (Lipinski definition) is 2. The van der Waals surface area contributed by atoms with Crippen LogP contribution in [-0.4, -0.2) is 54.1 Å². The van der Waals surface area contributed by atoms with Crippen LogP contribution in [0.2, 0.25) is 5.02 Å². The molecule has 1 aliphatic rings. The Hall–Kier alpha value is -2.52. The van der Waals surface area contributed by atoms with Crippen LogP contribution in [-0.2, 0) is 20.8 Å². The number of carbonyl (C=O) groups is 2. The van der Waals surface area contributed by atoms with E-state index in [2.05, 4.69) is 10.3 Å². The number of likely N-dealkylation sites (tertiary alicyclic amines) is 1. The molecule has 1 fully saturated rings. The number of guanidine groups is 1. The Balaban J connectivity index is 2.03. The lowest BCUT2D eigenvalue weighted by Gasteiger charge is -2.41. The van der Waals surface area contributed by atoms with Crippen molar-refractivity contribution in [2.45, 2.75) is 65.0 Å². The van der Waals surface area contributed by atoms with Crippen molar-refractivity contribution in [1.29, 1.82) is 0 Å². The maximum atomic E-state index is 12.4. The number of amides is 2. The SMILES string of the molecule is CCOC1C(NC(=O)OCc2ccccc2Cl)CCCN1/C(N)=N/C(=O)OC(C)(C)C. The van der Waals surface area contributed by atoms with E-state index in [4.69, 9.17) is 31.5 Å². The number of aliphatic imine (C=N–C) groups is 1. The molecular formula is C21H31ClN4O5. The largest absolute Gasteiger partial charge is 0.445 e. The molecule has 1 aromatic carbocycles. The number of nitrogens with one attached hydrogen (secondary N) is 1. The van der Waals surface area contributed by atoms with Gasteiger partial charge in [-0.15, -0.1) is 4.99 Å². The number of nitrogens with two attached hydrogens (primary N) is 1. The Morgan fingerprint density at radius 2 is 2.03 bits per heavy atom. The summed E-state index contributed by atoms with van der Waals surface area (Å²) in [7, 11) is 0. The smallest absolute Gasteiger partial charge is 0.437 e. The van der Waals surface area contributed by atoms with Crippen molar-refractivity contribution < 1.29 is 23.8 Å². The van der Waals surface area contributed by atoms with Gasteiger partial charge in [-0.3, -0.25) is 0 Å². The topological polar surface area (TPSA) is 115 Å². The minimum absolute atomic E-state index is 0.0244. The van der Waals surface area contributed by atoms with Crippen LogP contribution in [0.1, 0.15) is 46.1 Å². The fraction of sp³-hybridized carbons (Fsp3) is 0.571. The summed E-state index contributed by atoms with van der Waals surface area (Å²) in [6.45, 7) is 8.02. The Kier molecular flexibility index (Phi) is 8.94. The van der Waals surface area contributed by atoms with Gasteiger partial charge in [-0.1, -0.05) is 29.8 Å². The number of rotatable bonds is 5. The number of halogens is 1. The van der Waals surface area contributed by atoms with Gasteiger partial charge >= 0.3 is 12.2 Å². The van der Waals surface area contributed by atoms with E-state index in [0.29, 0.717) is 36.6 Å². The van der Waals surface area contributed by atoms with Gasteiger partial charge in [0.1, 0.15) is 12.2 Å². The summed E-state index contributed by atoms with van der Waals surface area (Å²) in [6.07, 6.45) is -0.613. The minimum Gasteiger partial charge on any atom is -0.445 e. The average molecular weight is 455 g/mol. The standard InChI is InChI=1S/C21H31ClN4O5/c1-5-29-17-16(24-19(27)30-13-14-9-6-7-10-15(14)22)11-8-12-26(17)18(23)25-20(28)31-21(2,3)4/h6-7,9-10,16-17H,5,8,11-13H2,1-4H3,(H,24,27)(H2,23,25,28). The molecule has 1 saturated heterocycles. The van der Waals surface area contributed by atoms with Gasteiger partial charge in [0.25, 0.3) is 0 Å². The third kappa shape index (κ3) is 7.91. The first-order valence-electron chi connectivity index (χ1n) is 10.2. The van der Waals surface area contributed by atoms with Crippen LogP contribution in [0.5, 0.6) is 0 Å². The van der Waals surface area contributed by atoms with E-state index in [-0.39, 0.29) is 12.6 Å². The quantitative estimate of drug-likeness (QED) is 0.515. The summed E-state index contributed by atoms with van der Waals surface area (Å²) in [5, 5.41) is 3.35. The van der Waals surface area contributed by atoms with Crippen LogP contribution in [0.3, 0.4) is 0 Å². The first-order valence-corrected chi connectivity index (χ1v) is 10.6. The lowest BCUT2D eigenvalue weighted by atomic mass is 10.0.